The average Bonchev–Trinajstić information content (AvgIpc) is 2.80. The number of benzene rings is 2. The Morgan fingerprint density at radius 2 is 1.78 bits per heavy atom. The summed E-state index contributed by atoms with van der Waals surface area (Å²) in [6, 6.07) is 12.7. The number of rotatable bonds is 8. The summed E-state index contributed by atoms with van der Waals surface area (Å²) < 4.78 is 27.7. The molecule has 10 nitrogen and oxygen atoms in total. The molecule has 0 aliphatic carbocycles. The van der Waals surface area contributed by atoms with Gasteiger partial charge in [0.1, 0.15) is 5.69 Å². The molecule has 0 spiro atoms. The quantitative estimate of drug-likeness (QED) is 0.470. The largest absolute Gasteiger partial charge is 0.363 e. The summed E-state index contributed by atoms with van der Waals surface area (Å²) in [5.41, 5.74) is 0.611. The molecule has 3 rings (SSSR count). The number of nitro groups is 1. The predicted molar refractivity (Wildman–Crippen MR) is 122 cm³/mol. The molecule has 1 N–H and O–H groups in total. The zero-order valence-corrected chi connectivity index (χ0v) is 18.9. The van der Waals surface area contributed by atoms with E-state index in [4.69, 9.17) is 0 Å². The first kappa shape index (κ1) is 23.5. The summed E-state index contributed by atoms with van der Waals surface area (Å²) >= 11 is 0. The number of piperazine rings is 1. The Labute approximate surface area is 187 Å². The van der Waals surface area contributed by atoms with Gasteiger partial charge in [-0.25, -0.2) is 8.42 Å². The van der Waals surface area contributed by atoms with Crippen LogP contribution < -0.4 is 14.5 Å². The second-order valence-electron chi connectivity index (χ2n) is 7.35. The van der Waals surface area contributed by atoms with Gasteiger partial charge in [-0.3, -0.25) is 24.1 Å². The first-order valence-electron chi connectivity index (χ1n) is 10.3. The molecular weight excluding hydrogens is 434 g/mol. The van der Waals surface area contributed by atoms with Crippen LogP contribution in [0, 0.1) is 10.1 Å². The van der Waals surface area contributed by atoms with Crippen molar-refractivity contribution in [2.45, 2.75) is 11.8 Å². The Kier molecular flexibility index (Phi) is 7.31. The van der Waals surface area contributed by atoms with E-state index in [2.05, 4.69) is 5.32 Å². The molecule has 0 unspecified atom stereocenters. The first-order valence-corrected chi connectivity index (χ1v) is 11.8. The van der Waals surface area contributed by atoms with Crippen LogP contribution in [0.4, 0.5) is 17.1 Å². The van der Waals surface area contributed by atoms with Crippen molar-refractivity contribution in [2.75, 3.05) is 55.5 Å². The van der Waals surface area contributed by atoms with E-state index >= 15 is 0 Å². The minimum atomic E-state index is -3.98. The number of nitrogens with zero attached hydrogens (tertiary/aromatic N) is 4. The highest BCUT2D eigenvalue weighted by atomic mass is 32.2. The van der Waals surface area contributed by atoms with Gasteiger partial charge < -0.3 is 10.2 Å². The van der Waals surface area contributed by atoms with Gasteiger partial charge in [-0.05, 0) is 31.2 Å². The van der Waals surface area contributed by atoms with Gasteiger partial charge in [0.25, 0.3) is 15.7 Å². The van der Waals surface area contributed by atoms with E-state index in [-0.39, 0.29) is 29.6 Å². The summed E-state index contributed by atoms with van der Waals surface area (Å²) in [7, 11) is -2.40. The zero-order valence-electron chi connectivity index (χ0n) is 18.1. The Morgan fingerprint density at radius 1 is 1.12 bits per heavy atom. The summed E-state index contributed by atoms with van der Waals surface area (Å²) in [6.45, 7) is 4.31. The molecule has 2 aromatic carbocycles. The van der Waals surface area contributed by atoms with E-state index in [1.54, 1.807) is 44.3 Å². The van der Waals surface area contributed by atoms with Gasteiger partial charge in [0.2, 0.25) is 5.91 Å². The molecule has 1 fully saturated rings. The van der Waals surface area contributed by atoms with E-state index in [1.165, 1.54) is 16.4 Å². The molecule has 0 saturated carbocycles. The van der Waals surface area contributed by atoms with Gasteiger partial charge in [0, 0.05) is 45.8 Å². The van der Waals surface area contributed by atoms with Crippen molar-refractivity contribution in [1.29, 1.82) is 0 Å². The molecule has 11 heteroatoms. The number of nitro benzene ring substituents is 1. The molecule has 0 bridgehead atoms. The van der Waals surface area contributed by atoms with E-state index < -0.39 is 14.9 Å². The van der Waals surface area contributed by atoms with Gasteiger partial charge in [-0.15, -0.1) is 0 Å². The van der Waals surface area contributed by atoms with Crippen LogP contribution in [0.5, 0.6) is 0 Å². The number of amides is 1. The summed E-state index contributed by atoms with van der Waals surface area (Å²) in [6.07, 6.45) is 0. The highest BCUT2D eigenvalue weighted by Gasteiger charge is 2.29. The van der Waals surface area contributed by atoms with E-state index in [9.17, 15) is 23.3 Å². The van der Waals surface area contributed by atoms with E-state index in [0.717, 1.165) is 6.07 Å². The number of likely N-dealkylation sites (N-methyl/N-ethyl adjacent to an activating group) is 1. The fourth-order valence-electron chi connectivity index (χ4n) is 3.72. The number of anilines is 2. The lowest BCUT2D eigenvalue weighted by atomic mass is 10.2. The second-order valence-corrected chi connectivity index (χ2v) is 9.21. The minimum Gasteiger partial charge on any atom is -0.363 e. The molecular formula is C21H27N5O5S. The Hall–Kier alpha value is -3.18. The highest BCUT2D eigenvalue weighted by Crippen LogP contribution is 2.33. The zero-order chi connectivity index (χ0) is 23.3. The fourth-order valence-corrected chi connectivity index (χ4v) is 5.21. The maximum Gasteiger partial charge on any atom is 0.293 e. The van der Waals surface area contributed by atoms with Gasteiger partial charge >= 0.3 is 0 Å². The molecule has 1 aliphatic rings. The van der Waals surface area contributed by atoms with Gasteiger partial charge in [-0.2, -0.15) is 0 Å². The molecule has 1 aliphatic heterocycles. The molecule has 1 amide bonds. The Morgan fingerprint density at radius 3 is 2.34 bits per heavy atom. The minimum absolute atomic E-state index is 0.0853. The van der Waals surface area contributed by atoms with Crippen LogP contribution in [0.1, 0.15) is 6.92 Å². The molecule has 0 aromatic heterocycles. The standard InChI is InChI=1S/C21H27N5O5S/c1-3-25(17-7-5-4-6-8-17)32(30,31)18-9-10-19(20(15-18)26(28)29)24-13-11-23(12-14-24)16-21(27)22-2/h4-10,15H,3,11-14,16H2,1-2H3,(H,22,27). The maximum absolute atomic E-state index is 13.2. The first-order chi connectivity index (χ1) is 15.3. The molecule has 0 atom stereocenters. The van der Waals surface area contributed by atoms with Crippen LogP contribution in [0.2, 0.25) is 0 Å². The lowest BCUT2D eigenvalue weighted by Gasteiger charge is -2.35. The smallest absolute Gasteiger partial charge is 0.293 e. The lowest BCUT2D eigenvalue weighted by Crippen LogP contribution is -2.49. The van der Waals surface area contributed by atoms with Gasteiger partial charge in [-0.1, -0.05) is 18.2 Å². The SMILES string of the molecule is CCN(c1ccccc1)S(=O)(=O)c1ccc(N2CCN(CC(=O)NC)CC2)c([N+](=O)[O-])c1. The number of carbonyl (C=O) groups excluding carboxylic acids is 1. The molecule has 0 radical (unpaired) electrons. The highest BCUT2D eigenvalue weighted by molar-refractivity contribution is 7.92. The van der Waals surface area contributed by atoms with Crippen molar-refractivity contribution in [2.24, 2.45) is 0 Å². The molecule has 2 aromatic rings. The van der Waals surface area contributed by atoms with Crippen LogP contribution in [-0.4, -0.2) is 70.5 Å². The summed E-state index contributed by atoms with van der Waals surface area (Å²) in [4.78, 5) is 26.5. The Bertz CT molecular complexity index is 1070. The van der Waals surface area contributed by atoms with Crippen LogP contribution in [0.3, 0.4) is 0 Å². The van der Waals surface area contributed by atoms with E-state index in [1.807, 2.05) is 9.80 Å². The predicted octanol–water partition coefficient (Wildman–Crippen LogP) is 1.68. The van der Waals surface area contributed by atoms with Crippen LogP contribution in [-0.2, 0) is 14.8 Å². The third kappa shape index (κ3) is 5.00. The number of hydrogen-bond acceptors (Lipinski definition) is 7. The third-order valence-electron chi connectivity index (χ3n) is 5.42. The normalized spacial score (nSPS) is 14.8. The average molecular weight is 462 g/mol. The molecule has 1 saturated heterocycles. The second kappa shape index (κ2) is 9.96. The van der Waals surface area contributed by atoms with Crippen molar-refractivity contribution in [3.05, 3.63) is 58.6 Å². The summed E-state index contributed by atoms with van der Waals surface area (Å²) in [5.74, 6) is -0.0853. The van der Waals surface area contributed by atoms with Crippen LogP contribution in [0.15, 0.2) is 53.4 Å². The third-order valence-corrected chi connectivity index (χ3v) is 7.32. The lowest BCUT2D eigenvalue weighted by molar-refractivity contribution is -0.384. The number of hydrogen-bond donors (Lipinski definition) is 1. The number of nitrogens with one attached hydrogen (secondary N) is 1. The molecule has 32 heavy (non-hydrogen) atoms. The van der Waals surface area contributed by atoms with Crippen molar-refractivity contribution >= 4 is 33.0 Å². The van der Waals surface area contributed by atoms with Crippen molar-refractivity contribution < 1.29 is 18.1 Å². The van der Waals surface area contributed by atoms with Crippen molar-refractivity contribution in [1.82, 2.24) is 10.2 Å². The summed E-state index contributed by atoms with van der Waals surface area (Å²) in [5, 5.41) is 14.4. The molecule has 172 valence electrons. The fraction of sp³-hybridized carbons (Fsp3) is 0.381. The van der Waals surface area contributed by atoms with Gasteiger partial charge in [0.05, 0.1) is 22.1 Å². The van der Waals surface area contributed by atoms with Crippen LogP contribution in [0.25, 0.3) is 0 Å². The molecule has 1 heterocycles. The number of carbonyl (C=O) groups is 1. The van der Waals surface area contributed by atoms with E-state index in [0.29, 0.717) is 37.6 Å². The van der Waals surface area contributed by atoms with Gasteiger partial charge in [0.15, 0.2) is 0 Å². The van der Waals surface area contributed by atoms with Crippen molar-refractivity contribution in [3.63, 3.8) is 0 Å². The number of para-hydroxylation sites is 1. The number of sulfonamides is 1. The monoisotopic (exact) mass is 461 g/mol. The topological polar surface area (TPSA) is 116 Å². The maximum atomic E-state index is 13.2. The Balaban J connectivity index is 1.87. The van der Waals surface area contributed by atoms with Crippen LogP contribution >= 0.6 is 0 Å². The van der Waals surface area contributed by atoms with Crippen molar-refractivity contribution in [3.8, 4) is 0 Å².